The highest BCUT2D eigenvalue weighted by Crippen LogP contribution is 2.28. The summed E-state index contributed by atoms with van der Waals surface area (Å²) in [5.74, 6) is -2.00. The minimum Gasteiger partial charge on any atom is -0.350 e. The van der Waals surface area contributed by atoms with Crippen LogP contribution in [0.2, 0.25) is 10.0 Å². The Bertz CT molecular complexity index is 1750. The number of rotatable bonds is 11. The molecule has 4 aromatic carbocycles. The summed E-state index contributed by atoms with van der Waals surface area (Å²) < 4.78 is 43.8. The molecule has 0 bridgehead atoms. The van der Waals surface area contributed by atoms with Crippen LogP contribution in [0.4, 0.5) is 10.1 Å². The van der Waals surface area contributed by atoms with E-state index in [4.69, 9.17) is 23.2 Å². The Balaban J connectivity index is 1.84. The molecule has 0 fully saturated rings. The molecule has 7 nitrogen and oxygen atoms in total. The topological polar surface area (TPSA) is 86.8 Å². The molecule has 0 unspecified atom stereocenters. The molecule has 0 aromatic heterocycles. The largest absolute Gasteiger partial charge is 0.350 e. The lowest BCUT2D eigenvalue weighted by molar-refractivity contribution is -0.140. The molecule has 4 aromatic rings. The molecule has 11 heteroatoms. The van der Waals surface area contributed by atoms with E-state index < -0.39 is 45.8 Å². The zero-order valence-corrected chi connectivity index (χ0v) is 27.4. The van der Waals surface area contributed by atoms with Gasteiger partial charge in [-0.05, 0) is 68.3 Å². The Morgan fingerprint density at radius 2 is 1.42 bits per heavy atom. The molecular weight excluding hydrogens is 636 g/mol. The van der Waals surface area contributed by atoms with E-state index >= 15 is 4.39 Å². The maximum Gasteiger partial charge on any atom is 0.264 e. The number of para-hydroxylation sites is 1. The van der Waals surface area contributed by atoms with Crippen molar-refractivity contribution in [1.82, 2.24) is 10.2 Å². The molecule has 0 aliphatic carbocycles. The van der Waals surface area contributed by atoms with Gasteiger partial charge < -0.3 is 10.2 Å². The molecule has 0 aliphatic rings. The highest BCUT2D eigenvalue weighted by atomic mass is 35.5. The third-order valence-electron chi connectivity index (χ3n) is 6.84. The molecule has 0 spiro atoms. The first-order valence-corrected chi connectivity index (χ1v) is 16.4. The van der Waals surface area contributed by atoms with Gasteiger partial charge >= 0.3 is 0 Å². The van der Waals surface area contributed by atoms with Crippen LogP contribution in [0.25, 0.3) is 0 Å². The fourth-order valence-electron chi connectivity index (χ4n) is 4.73. The first kappa shape index (κ1) is 34.0. The Morgan fingerprint density at radius 3 is 2.02 bits per heavy atom. The summed E-state index contributed by atoms with van der Waals surface area (Å²) in [6, 6.07) is 25.7. The molecule has 1 atom stereocenters. The van der Waals surface area contributed by atoms with Crippen LogP contribution in [0.5, 0.6) is 0 Å². The molecular formula is C34H34Cl2FN3O4S. The number of sulfonamides is 1. The van der Waals surface area contributed by atoms with Gasteiger partial charge in [-0.3, -0.25) is 13.9 Å². The molecule has 45 heavy (non-hydrogen) atoms. The van der Waals surface area contributed by atoms with Gasteiger partial charge in [0.2, 0.25) is 11.8 Å². The fraction of sp³-hybridized carbons (Fsp3) is 0.235. The summed E-state index contributed by atoms with van der Waals surface area (Å²) in [4.78, 5) is 29.5. The summed E-state index contributed by atoms with van der Waals surface area (Å²) in [7, 11) is -4.42. The van der Waals surface area contributed by atoms with Gasteiger partial charge in [-0.25, -0.2) is 12.8 Å². The molecule has 0 heterocycles. The van der Waals surface area contributed by atoms with Crippen molar-refractivity contribution in [3.05, 3.63) is 130 Å². The van der Waals surface area contributed by atoms with Crippen LogP contribution in [-0.2, 0) is 32.6 Å². The van der Waals surface area contributed by atoms with Crippen LogP contribution in [0.15, 0.2) is 108 Å². The molecule has 0 saturated carbocycles. The Morgan fingerprint density at radius 1 is 0.822 bits per heavy atom. The molecule has 4 rings (SSSR count). The van der Waals surface area contributed by atoms with Gasteiger partial charge in [-0.1, -0.05) is 89.9 Å². The van der Waals surface area contributed by atoms with Gasteiger partial charge in [-0.15, -0.1) is 0 Å². The van der Waals surface area contributed by atoms with Crippen molar-refractivity contribution in [3.63, 3.8) is 0 Å². The van der Waals surface area contributed by atoms with Crippen LogP contribution in [0.3, 0.4) is 0 Å². The van der Waals surface area contributed by atoms with Crippen molar-refractivity contribution in [2.24, 2.45) is 0 Å². The van der Waals surface area contributed by atoms with E-state index in [0.717, 1.165) is 15.9 Å². The number of amides is 2. The van der Waals surface area contributed by atoms with E-state index in [1.807, 2.05) is 51.1 Å². The van der Waals surface area contributed by atoms with Crippen molar-refractivity contribution in [1.29, 1.82) is 0 Å². The van der Waals surface area contributed by atoms with Gasteiger partial charge in [0.25, 0.3) is 10.0 Å². The SMILES string of the molecule is CC(C)(C)NC(=O)[C@@H](Cc1ccccc1)N(Cc1ccc(Cl)c(Cl)c1)C(=O)CN(c1ccccc1F)S(=O)(=O)c1ccccc1. The number of hydrogen-bond acceptors (Lipinski definition) is 4. The summed E-state index contributed by atoms with van der Waals surface area (Å²) >= 11 is 12.4. The number of anilines is 1. The van der Waals surface area contributed by atoms with E-state index in [9.17, 15) is 18.0 Å². The normalized spacial score (nSPS) is 12.3. The first-order valence-electron chi connectivity index (χ1n) is 14.2. The predicted molar refractivity (Wildman–Crippen MR) is 176 cm³/mol. The Kier molecular flexibility index (Phi) is 10.9. The maximum absolute atomic E-state index is 15.2. The third kappa shape index (κ3) is 8.84. The van der Waals surface area contributed by atoms with Gasteiger partial charge in [0.05, 0.1) is 20.6 Å². The third-order valence-corrected chi connectivity index (χ3v) is 9.35. The van der Waals surface area contributed by atoms with Crippen molar-refractivity contribution < 1.29 is 22.4 Å². The van der Waals surface area contributed by atoms with Crippen molar-refractivity contribution >= 4 is 50.7 Å². The van der Waals surface area contributed by atoms with Crippen LogP contribution < -0.4 is 9.62 Å². The van der Waals surface area contributed by atoms with Gasteiger partial charge in [0.1, 0.15) is 18.4 Å². The van der Waals surface area contributed by atoms with Gasteiger partial charge in [-0.2, -0.15) is 0 Å². The number of benzene rings is 4. The molecule has 0 radical (unpaired) electrons. The van der Waals surface area contributed by atoms with E-state index in [0.29, 0.717) is 10.6 Å². The predicted octanol–water partition coefficient (Wildman–Crippen LogP) is 6.88. The van der Waals surface area contributed by atoms with Crippen LogP contribution >= 0.6 is 23.2 Å². The molecule has 0 aliphatic heterocycles. The lowest BCUT2D eigenvalue weighted by atomic mass is 10.0. The highest BCUT2D eigenvalue weighted by molar-refractivity contribution is 7.92. The number of carbonyl (C=O) groups is 2. The lowest BCUT2D eigenvalue weighted by Crippen LogP contribution is -2.56. The number of halogens is 3. The highest BCUT2D eigenvalue weighted by Gasteiger charge is 2.36. The van der Waals surface area contributed by atoms with Crippen molar-refractivity contribution in [3.8, 4) is 0 Å². The van der Waals surface area contributed by atoms with E-state index in [-0.39, 0.29) is 28.6 Å². The van der Waals surface area contributed by atoms with Crippen molar-refractivity contribution in [2.45, 2.75) is 50.2 Å². The lowest BCUT2D eigenvalue weighted by Gasteiger charge is -2.35. The minimum absolute atomic E-state index is 0.110. The van der Waals surface area contributed by atoms with Crippen LogP contribution in [0, 0.1) is 5.82 Å². The van der Waals surface area contributed by atoms with Gasteiger partial charge in [0, 0.05) is 18.5 Å². The van der Waals surface area contributed by atoms with Gasteiger partial charge in [0.15, 0.2) is 0 Å². The molecule has 236 valence electrons. The fourth-order valence-corrected chi connectivity index (χ4v) is 6.49. The zero-order chi connectivity index (χ0) is 32.8. The number of nitrogens with one attached hydrogen (secondary N) is 1. The number of hydrogen-bond donors (Lipinski definition) is 1. The first-order chi connectivity index (χ1) is 21.3. The molecule has 1 N–H and O–H groups in total. The second kappa shape index (κ2) is 14.5. The summed E-state index contributed by atoms with van der Waals surface area (Å²) in [5.41, 5.74) is 0.396. The zero-order valence-electron chi connectivity index (χ0n) is 25.1. The Labute approximate surface area is 273 Å². The summed E-state index contributed by atoms with van der Waals surface area (Å²) in [5, 5.41) is 3.52. The summed E-state index contributed by atoms with van der Waals surface area (Å²) in [6.07, 6.45) is 0.126. The maximum atomic E-state index is 15.2. The second-order valence-electron chi connectivity index (χ2n) is 11.5. The smallest absolute Gasteiger partial charge is 0.264 e. The monoisotopic (exact) mass is 669 g/mol. The minimum atomic E-state index is -4.42. The van der Waals surface area contributed by atoms with E-state index in [1.54, 1.807) is 24.3 Å². The van der Waals surface area contributed by atoms with Crippen LogP contribution in [-0.4, -0.2) is 43.3 Å². The molecule has 2 amide bonds. The number of carbonyl (C=O) groups excluding carboxylic acids is 2. The number of nitrogens with zero attached hydrogens (tertiary/aromatic N) is 2. The average molecular weight is 671 g/mol. The standard InChI is InChI=1S/C34H34Cl2FN3O4S/c1-34(2,3)38-33(42)31(21-24-12-6-4-7-13-24)39(22-25-18-19-27(35)28(36)20-25)32(41)23-40(30-17-11-10-16-29(30)37)45(43,44)26-14-8-5-9-15-26/h4-20,31H,21-23H2,1-3H3,(H,38,42)/t31-/m1/s1. The van der Waals surface area contributed by atoms with E-state index in [1.165, 1.54) is 47.4 Å². The van der Waals surface area contributed by atoms with Crippen LogP contribution in [0.1, 0.15) is 31.9 Å². The Hall–Kier alpha value is -3.92. The summed E-state index contributed by atoms with van der Waals surface area (Å²) in [6.45, 7) is 4.57. The quantitative estimate of drug-likeness (QED) is 0.189. The van der Waals surface area contributed by atoms with Crippen molar-refractivity contribution in [2.75, 3.05) is 10.8 Å². The second-order valence-corrected chi connectivity index (χ2v) is 14.2. The average Bonchev–Trinajstić information content (AvgIpc) is 3.00. The van der Waals surface area contributed by atoms with E-state index in [2.05, 4.69) is 5.32 Å². The molecule has 0 saturated heterocycles.